The van der Waals surface area contributed by atoms with E-state index in [1.165, 1.54) is 13.2 Å². The van der Waals surface area contributed by atoms with Crippen molar-refractivity contribution in [2.75, 3.05) is 13.7 Å². The first kappa shape index (κ1) is 35.0. The number of phenolic OH excluding ortho intramolecular Hbond substituents is 1. The van der Waals surface area contributed by atoms with E-state index in [-0.39, 0.29) is 48.4 Å². The van der Waals surface area contributed by atoms with Gasteiger partial charge in [0.1, 0.15) is 23.2 Å². The molecule has 1 aromatic rings. The number of aromatic hydroxyl groups is 1. The maximum absolute atomic E-state index is 13.4. The third-order valence-corrected chi connectivity index (χ3v) is 7.99. The molecule has 0 fully saturated rings. The van der Waals surface area contributed by atoms with E-state index in [1.54, 1.807) is 19.9 Å². The summed E-state index contributed by atoms with van der Waals surface area (Å²) in [5.74, 6) is 9.51. The molecule has 9 nitrogen and oxygen atoms in total. The molecular formula is C33H47NO8. The lowest BCUT2D eigenvalue weighted by Crippen LogP contribution is -2.37. The summed E-state index contributed by atoms with van der Waals surface area (Å²) in [6, 6.07) is 2.93. The topological polar surface area (TPSA) is 146 Å². The molecule has 1 aromatic carbocycles. The third-order valence-electron chi connectivity index (χ3n) is 7.99. The minimum Gasteiger partial charge on any atom is -0.507 e. The molecule has 232 valence electrons. The lowest BCUT2D eigenvalue weighted by atomic mass is 9.86. The molecule has 0 saturated carbocycles. The van der Waals surface area contributed by atoms with Crippen LogP contribution in [0.2, 0.25) is 0 Å². The van der Waals surface area contributed by atoms with Gasteiger partial charge >= 0.3 is 5.97 Å². The van der Waals surface area contributed by atoms with Gasteiger partial charge in [0.2, 0.25) is 5.91 Å². The minimum absolute atomic E-state index is 0.0419. The summed E-state index contributed by atoms with van der Waals surface area (Å²) >= 11 is 0. The van der Waals surface area contributed by atoms with E-state index in [9.17, 15) is 30.0 Å². The maximum Gasteiger partial charge on any atom is 0.342 e. The second-order valence-electron chi connectivity index (χ2n) is 11.4. The number of nitrogens with one attached hydrogen (secondary N) is 1. The molecule has 8 atom stereocenters. The van der Waals surface area contributed by atoms with Gasteiger partial charge < -0.3 is 35.2 Å². The molecule has 1 aliphatic rings. The summed E-state index contributed by atoms with van der Waals surface area (Å²) in [5.41, 5.74) is 0.362. The number of amides is 1. The monoisotopic (exact) mass is 585 g/mol. The van der Waals surface area contributed by atoms with Crippen LogP contribution in [0.3, 0.4) is 0 Å². The standard InChI is InChI=1S/C33H47NO8/c1-7-12-26(35)22(4)32(39)34-16-11-10-14-21(3)31(38)23(5)29-15-9-8-13-20(2)27(36)18-24-17-25(41-6)19-28(37)30(24)33(40)42-29/h17,19-23,26-27,29,31,35-38H,7,12-16,18H2,1-6H3,(H,34,39)/t20-,21+,22+,23+,26-,27+,29-,31+/m0/s1. The van der Waals surface area contributed by atoms with Gasteiger partial charge in [0, 0.05) is 31.2 Å². The third kappa shape index (κ3) is 9.94. The Morgan fingerprint density at radius 2 is 1.88 bits per heavy atom. The first-order chi connectivity index (χ1) is 19.9. The SMILES string of the molecule is CCC[C@H](O)[C@@H](C)C(=O)NCC#CC[C@@H](C)[C@@H](O)[C@H](C)[C@@H]1CC#CC[C@H](C)[C@H](O)Cc2cc(OC)cc(O)c2C(=O)O1. The van der Waals surface area contributed by atoms with Crippen molar-refractivity contribution in [1.82, 2.24) is 5.32 Å². The highest BCUT2D eigenvalue weighted by Crippen LogP contribution is 2.32. The number of cyclic esters (lactones) is 1. The smallest absolute Gasteiger partial charge is 0.342 e. The molecule has 0 aliphatic carbocycles. The highest BCUT2D eigenvalue weighted by Gasteiger charge is 2.33. The molecular weight excluding hydrogens is 538 g/mol. The van der Waals surface area contributed by atoms with Crippen molar-refractivity contribution in [2.24, 2.45) is 23.7 Å². The van der Waals surface area contributed by atoms with Gasteiger partial charge in [0.25, 0.3) is 0 Å². The van der Waals surface area contributed by atoms with Crippen LogP contribution in [-0.4, -0.2) is 70.4 Å². The van der Waals surface area contributed by atoms with Gasteiger partial charge in [0.15, 0.2) is 0 Å². The fraction of sp³-hybridized carbons (Fsp3) is 0.636. The normalized spacial score (nSPS) is 22.5. The number of esters is 1. The zero-order valence-electron chi connectivity index (χ0n) is 25.6. The number of hydrogen-bond acceptors (Lipinski definition) is 8. The number of ether oxygens (including phenoxy) is 2. The number of aliphatic hydroxyl groups is 3. The number of benzene rings is 1. The van der Waals surface area contributed by atoms with Crippen molar-refractivity contribution in [2.45, 2.75) is 97.6 Å². The van der Waals surface area contributed by atoms with E-state index in [4.69, 9.17) is 9.47 Å². The van der Waals surface area contributed by atoms with E-state index in [0.717, 1.165) is 6.42 Å². The highest BCUT2D eigenvalue weighted by atomic mass is 16.5. The number of carbonyl (C=O) groups is 2. The van der Waals surface area contributed by atoms with Crippen LogP contribution in [0.25, 0.3) is 0 Å². The summed E-state index contributed by atoms with van der Waals surface area (Å²) in [4.78, 5) is 25.5. The fourth-order valence-electron chi connectivity index (χ4n) is 4.84. The predicted molar refractivity (Wildman–Crippen MR) is 160 cm³/mol. The highest BCUT2D eigenvalue weighted by molar-refractivity contribution is 5.94. The van der Waals surface area contributed by atoms with Crippen LogP contribution in [0.15, 0.2) is 12.1 Å². The zero-order chi connectivity index (χ0) is 31.4. The molecule has 0 saturated heterocycles. The van der Waals surface area contributed by atoms with Crippen LogP contribution in [0.1, 0.15) is 82.6 Å². The van der Waals surface area contributed by atoms with E-state index in [0.29, 0.717) is 30.6 Å². The summed E-state index contributed by atoms with van der Waals surface area (Å²) in [5, 5.41) is 45.2. The van der Waals surface area contributed by atoms with E-state index in [2.05, 4.69) is 29.0 Å². The Kier molecular flexibility index (Phi) is 14.2. The van der Waals surface area contributed by atoms with Crippen molar-refractivity contribution in [3.63, 3.8) is 0 Å². The second kappa shape index (κ2) is 17.0. The minimum atomic E-state index is -0.879. The largest absolute Gasteiger partial charge is 0.507 e. The summed E-state index contributed by atoms with van der Waals surface area (Å²) in [6.07, 6.45) is -0.720. The summed E-state index contributed by atoms with van der Waals surface area (Å²) in [7, 11) is 1.45. The van der Waals surface area contributed by atoms with E-state index < -0.39 is 42.2 Å². The average Bonchev–Trinajstić information content (AvgIpc) is 2.95. The Morgan fingerprint density at radius 3 is 2.55 bits per heavy atom. The number of phenols is 1. The number of fused-ring (bicyclic) bond motifs is 1. The van der Waals surface area contributed by atoms with Gasteiger partial charge in [-0.1, -0.05) is 52.9 Å². The summed E-state index contributed by atoms with van der Waals surface area (Å²) < 4.78 is 11.1. The van der Waals surface area contributed by atoms with Crippen molar-refractivity contribution < 1.29 is 39.5 Å². The molecule has 0 aromatic heterocycles. The van der Waals surface area contributed by atoms with Crippen LogP contribution in [0, 0.1) is 47.4 Å². The van der Waals surface area contributed by atoms with Gasteiger partial charge in [-0.05, 0) is 36.3 Å². The van der Waals surface area contributed by atoms with Gasteiger partial charge in [-0.3, -0.25) is 4.79 Å². The lowest BCUT2D eigenvalue weighted by molar-refractivity contribution is -0.127. The number of methoxy groups -OCH3 is 1. The molecule has 42 heavy (non-hydrogen) atoms. The lowest BCUT2D eigenvalue weighted by Gasteiger charge is -2.30. The van der Waals surface area contributed by atoms with Gasteiger partial charge in [-0.25, -0.2) is 4.79 Å². The zero-order valence-corrected chi connectivity index (χ0v) is 25.6. The van der Waals surface area contributed by atoms with E-state index in [1.807, 2.05) is 20.8 Å². The Bertz CT molecular complexity index is 1180. The molecule has 0 unspecified atom stereocenters. The second-order valence-corrected chi connectivity index (χ2v) is 11.4. The van der Waals surface area contributed by atoms with Crippen molar-refractivity contribution >= 4 is 11.9 Å². The van der Waals surface area contributed by atoms with Crippen molar-refractivity contribution in [3.8, 4) is 35.2 Å². The summed E-state index contributed by atoms with van der Waals surface area (Å²) in [6.45, 7) is 9.27. The Balaban J connectivity index is 2.13. The Hall–Kier alpha value is -3.24. The first-order valence-electron chi connectivity index (χ1n) is 14.7. The maximum atomic E-state index is 13.4. The van der Waals surface area contributed by atoms with Crippen LogP contribution < -0.4 is 10.1 Å². The number of aliphatic hydroxyl groups excluding tert-OH is 3. The van der Waals surface area contributed by atoms with Crippen LogP contribution in [0.5, 0.6) is 11.5 Å². The molecule has 0 bridgehead atoms. The van der Waals surface area contributed by atoms with Gasteiger partial charge in [0.05, 0.1) is 37.9 Å². The van der Waals surface area contributed by atoms with E-state index >= 15 is 0 Å². The van der Waals surface area contributed by atoms with Crippen molar-refractivity contribution in [1.29, 1.82) is 0 Å². The van der Waals surface area contributed by atoms with Crippen LogP contribution >= 0.6 is 0 Å². The van der Waals surface area contributed by atoms with Gasteiger partial charge in [-0.2, -0.15) is 0 Å². The fourth-order valence-corrected chi connectivity index (χ4v) is 4.84. The molecule has 0 radical (unpaired) electrons. The van der Waals surface area contributed by atoms with Crippen LogP contribution in [-0.2, 0) is 16.0 Å². The molecule has 9 heteroatoms. The van der Waals surface area contributed by atoms with Gasteiger partial charge in [-0.15, -0.1) is 11.8 Å². The average molecular weight is 586 g/mol. The molecule has 1 heterocycles. The number of rotatable bonds is 10. The molecule has 2 rings (SSSR count). The molecule has 1 amide bonds. The number of carbonyl (C=O) groups excluding carboxylic acids is 2. The van der Waals surface area contributed by atoms with Crippen molar-refractivity contribution in [3.05, 3.63) is 23.3 Å². The Labute approximate surface area is 250 Å². The molecule has 5 N–H and O–H groups in total. The first-order valence-corrected chi connectivity index (χ1v) is 14.7. The molecule has 0 spiro atoms. The number of hydrogen-bond donors (Lipinski definition) is 5. The Morgan fingerprint density at radius 1 is 1.19 bits per heavy atom. The van der Waals surface area contributed by atoms with Crippen LogP contribution in [0.4, 0.5) is 0 Å². The predicted octanol–water partition coefficient (Wildman–Crippen LogP) is 3.20. The molecule has 1 aliphatic heterocycles. The quantitative estimate of drug-likeness (QED) is 0.208.